The Morgan fingerprint density at radius 3 is 2.29 bits per heavy atom. The highest BCUT2D eigenvalue weighted by molar-refractivity contribution is 7.92. The lowest BCUT2D eigenvalue weighted by atomic mass is 9.91. The highest BCUT2D eigenvalue weighted by Crippen LogP contribution is 2.37. The molecule has 0 aromatic carbocycles. The molecule has 1 spiro atoms. The molecule has 1 saturated heterocycles. The van der Waals surface area contributed by atoms with Gasteiger partial charge in [-0.05, 0) is 33.6 Å². The molecular formula is C14H24N2O4S. The number of piperazine rings is 1. The molecule has 0 aromatic heterocycles. The van der Waals surface area contributed by atoms with Crippen LogP contribution < -0.4 is 5.32 Å². The first kappa shape index (κ1) is 16.3. The lowest BCUT2D eigenvalue weighted by molar-refractivity contribution is -0.153. The molecule has 2 rings (SSSR count). The summed E-state index contributed by atoms with van der Waals surface area (Å²) in [5.74, 6) is -0.412. The third kappa shape index (κ3) is 2.80. The van der Waals surface area contributed by atoms with Crippen LogP contribution in [0.15, 0.2) is 0 Å². The first-order valence-electron chi connectivity index (χ1n) is 7.41. The lowest BCUT2D eigenvalue weighted by Crippen LogP contribution is -2.66. The van der Waals surface area contributed by atoms with E-state index in [-0.39, 0.29) is 30.7 Å². The summed E-state index contributed by atoms with van der Waals surface area (Å²) in [5.41, 5.74) is -0.817. The van der Waals surface area contributed by atoms with Gasteiger partial charge in [-0.2, -0.15) is 0 Å². The third-order valence-electron chi connectivity index (χ3n) is 4.59. The molecule has 0 bridgehead atoms. The van der Waals surface area contributed by atoms with E-state index >= 15 is 0 Å². The zero-order valence-corrected chi connectivity index (χ0v) is 13.8. The van der Waals surface area contributed by atoms with E-state index in [1.54, 1.807) is 20.8 Å². The van der Waals surface area contributed by atoms with Crippen molar-refractivity contribution in [2.75, 3.05) is 18.8 Å². The summed E-state index contributed by atoms with van der Waals surface area (Å²) in [6.07, 6.45) is 3.03. The zero-order valence-electron chi connectivity index (χ0n) is 12.9. The van der Waals surface area contributed by atoms with Crippen LogP contribution in [0.5, 0.6) is 0 Å². The number of hydrogen-bond donors (Lipinski definition) is 1. The zero-order chi connectivity index (χ0) is 15.9. The number of sulfone groups is 1. The molecule has 0 unspecified atom stereocenters. The van der Waals surface area contributed by atoms with Gasteiger partial charge in [-0.1, -0.05) is 12.8 Å². The van der Waals surface area contributed by atoms with E-state index < -0.39 is 20.1 Å². The Labute approximate surface area is 126 Å². The summed E-state index contributed by atoms with van der Waals surface area (Å²) in [5, 5.41) is 2.64. The first-order valence-corrected chi connectivity index (χ1v) is 9.06. The Hall–Kier alpha value is -1.11. The van der Waals surface area contributed by atoms with Crippen LogP contribution in [0.25, 0.3) is 0 Å². The molecule has 120 valence electrons. The van der Waals surface area contributed by atoms with Gasteiger partial charge >= 0.3 is 0 Å². The fraction of sp³-hybridized carbons (Fsp3) is 0.857. The molecule has 6 nitrogen and oxygen atoms in total. The van der Waals surface area contributed by atoms with Crippen molar-refractivity contribution in [3.63, 3.8) is 0 Å². The molecule has 0 radical (unpaired) electrons. The van der Waals surface area contributed by atoms with Crippen molar-refractivity contribution >= 4 is 21.7 Å². The van der Waals surface area contributed by atoms with Crippen LogP contribution in [0, 0.1) is 0 Å². The Bertz CT molecular complexity index is 542. The van der Waals surface area contributed by atoms with Crippen molar-refractivity contribution in [3.05, 3.63) is 0 Å². The highest BCUT2D eigenvalue weighted by atomic mass is 32.2. The third-order valence-corrected chi connectivity index (χ3v) is 7.17. The normalized spacial score (nSPS) is 22.7. The predicted octanol–water partition coefficient (Wildman–Crippen LogP) is 0.471. The molecule has 1 aliphatic carbocycles. The molecule has 0 atom stereocenters. The van der Waals surface area contributed by atoms with E-state index in [1.165, 1.54) is 4.90 Å². The average molecular weight is 316 g/mol. The van der Waals surface area contributed by atoms with Gasteiger partial charge in [0.15, 0.2) is 9.84 Å². The second-order valence-corrected chi connectivity index (χ2v) is 9.76. The van der Waals surface area contributed by atoms with Crippen molar-refractivity contribution in [3.8, 4) is 0 Å². The van der Waals surface area contributed by atoms with Crippen LogP contribution in [-0.2, 0) is 19.4 Å². The Kier molecular flexibility index (Phi) is 4.08. The summed E-state index contributed by atoms with van der Waals surface area (Å²) in [7, 11) is -3.31. The maximum absolute atomic E-state index is 12.2. The molecule has 2 aliphatic rings. The summed E-state index contributed by atoms with van der Waals surface area (Å²) >= 11 is 0. The number of amides is 2. The van der Waals surface area contributed by atoms with Gasteiger partial charge in [0.05, 0.1) is 17.0 Å². The molecule has 1 saturated carbocycles. The van der Waals surface area contributed by atoms with Gasteiger partial charge < -0.3 is 10.2 Å². The van der Waals surface area contributed by atoms with E-state index in [0.29, 0.717) is 12.8 Å². The second-order valence-electron chi connectivity index (χ2n) is 6.90. The number of carbonyl (C=O) groups excluding carboxylic acids is 2. The predicted molar refractivity (Wildman–Crippen MR) is 79.5 cm³/mol. The van der Waals surface area contributed by atoms with Gasteiger partial charge in [0.1, 0.15) is 5.54 Å². The molecular weight excluding hydrogens is 292 g/mol. The van der Waals surface area contributed by atoms with Crippen LogP contribution >= 0.6 is 0 Å². The van der Waals surface area contributed by atoms with Crippen molar-refractivity contribution in [1.29, 1.82) is 0 Å². The topological polar surface area (TPSA) is 83.6 Å². The monoisotopic (exact) mass is 316 g/mol. The minimum atomic E-state index is -3.31. The minimum absolute atomic E-state index is 0.0316. The van der Waals surface area contributed by atoms with E-state index in [2.05, 4.69) is 5.32 Å². The number of nitrogens with zero attached hydrogens (tertiary/aromatic N) is 1. The second kappa shape index (κ2) is 5.26. The molecule has 2 fully saturated rings. The lowest BCUT2D eigenvalue weighted by Gasteiger charge is -2.43. The fourth-order valence-electron chi connectivity index (χ4n) is 3.09. The van der Waals surface area contributed by atoms with E-state index in [4.69, 9.17) is 0 Å². The van der Waals surface area contributed by atoms with Crippen LogP contribution in [0.2, 0.25) is 0 Å². The molecule has 1 N–H and O–H groups in total. The highest BCUT2D eigenvalue weighted by Gasteiger charge is 2.51. The van der Waals surface area contributed by atoms with E-state index in [9.17, 15) is 18.0 Å². The molecule has 1 aliphatic heterocycles. The van der Waals surface area contributed by atoms with Gasteiger partial charge in [0.25, 0.3) is 0 Å². The van der Waals surface area contributed by atoms with Gasteiger partial charge in [0, 0.05) is 6.54 Å². The Morgan fingerprint density at radius 1 is 1.19 bits per heavy atom. The van der Waals surface area contributed by atoms with Gasteiger partial charge in [-0.25, -0.2) is 8.42 Å². The van der Waals surface area contributed by atoms with Crippen molar-refractivity contribution in [2.24, 2.45) is 0 Å². The number of hydrogen-bond acceptors (Lipinski definition) is 4. The molecule has 0 aromatic rings. The first-order chi connectivity index (χ1) is 9.60. The maximum Gasteiger partial charge on any atom is 0.246 e. The number of rotatable bonds is 3. The average Bonchev–Trinajstić information content (AvgIpc) is 2.83. The van der Waals surface area contributed by atoms with Gasteiger partial charge in [-0.15, -0.1) is 0 Å². The molecule has 2 amide bonds. The summed E-state index contributed by atoms with van der Waals surface area (Å²) in [6, 6.07) is 0. The molecule has 7 heteroatoms. The summed E-state index contributed by atoms with van der Waals surface area (Å²) < 4.78 is 23.6. The van der Waals surface area contributed by atoms with E-state index in [1.807, 2.05) is 0 Å². The fourth-order valence-corrected chi connectivity index (χ4v) is 4.13. The largest absolute Gasteiger partial charge is 0.345 e. The Balaban J connectivity index is 2.20. The summed E-state index contributed by atoms with van der Waals surface area (Å²) in [4.78, 5) is 25.9. The van der Waals surface area contributed by atoms with Gasteiger partial charge in [0.2, 0.25) is 11.8 Å². The van der Waals surface area contributed by atoms with Crippen LogP contribution in [0.3, 0.4) is 0 Å². The van der Waals surface area contributed by atoms with Crippen molar-refractivity contribution < 1.29 is 18.0 Å². The van der Waals surface area contributed by atoms with Crippen molar-refractivity contribution in [1.82, 2.24) is 10.2 Å². The van der Waals surface area contributed by atoms with Crippen LogP contribution in [0.1, 0.15) is 46.5 Å². The van der Waals surface area contributed by atoms with Crippen LogP contribution in [-0.4, -0.2) is 54.3 Å². The van der Waals surface area contributed by atoms with Crippen LogP contribution in [0.4, 0.5) is 0 Å². The summed E-state index contributed by atoms with van der Waals surface area (Å²) in [6.45, 7) is 5.03. The SMILES string of the molecule is CC(C)(C)S(=O)(=O)CCN1C(=O)CNC(=O)C12CCCC2. The van der Waals surface area contributed by atoms with Gasteiger partial charge in [-0.3, -0.25) is 9.59 Å². The standard InChI is InChI=1S/C14H24N2O4S/c1-13(2,3)21(19,20)9-8-16-11(17)10-15-12(18)14(16)6-4-5-7-14/h4-10H2,1-3H3,(H,15,18). The quantitative estimate of drug-likeness (QED) is 0.820. The molecule has 21 heavy (non-hydrogen) atoms. The number of nitrogens with one attached hydrogen (secondary N) is 1. The number of carbonyl (C=O) groups is 2. The minimum Gasteiger partial charge on any atom is -0.345 e. The maximum atomic E-state index is 12.2. The van der Waals surface area contributed by atoms with Crippen molar-refractivity contribution in [2.45, 2.75) is 56.7 Å². The smallest absolute Gasteiger partial charge is 0.246 e. The Morgan fingerprint density at radius 2 is 1.76 bits per heavy atom. The molecule has 1 heterocycles. The van der Waals surface area contributed by atoms with E-state index in [0.717, 1.165) is 12.8 Å².